The summed E-state index contributed by atoms with van der Waals surface area (Å²) in [5.74, 6) is 0.120. The van der Waals surface area contributed by atoms with E-state index >= 15 is 0 Å². The number of hydrogen-bond acceptors (Lipinski definition) is 5. The van der Waals surface area contributed by atoms with E-state index in [4.69, 9.17) is 16.3 Å². The first-order chi connectivity index (χ1) is 17.8. The highest BCUT2D eigenvalue weighted by Gasteiger charge is 2.34. The summed E-state index contributed by atoms with van der Waals surface area (Å²) >= 11 is 6.30. The van der Waals surface area contributed by atoms with E-state index in [9.17, 15) is 9.59 Å². The molecule has 2 fully saturated rings. The first kappa shape index (κ1) is 29.5. The van der Waals surface area contributed by atoms with Crippen molar-refractivity contribution in [2.75, 3.05) is 46.9 Å². The van der Waals surface area contributed by atoms with E-state index in [0.29, 0.717) is 30.1 Å². The quantitative estimate of drug-likeness (QED) is 0.341. The molecule has 1 heterocycles. The second kappa shape index (κ2) is 14.8. The number of hydrogen-bond donors (Lipinski definition) is 3. The molecule has 1 aromatic carbocycles. The summed E-state index contributed by atoms with van der Waals surface area (Å²) in [4.78, 5) is 26.8. The lowest BCUT2D eigenvalue weighted by Crippen LogP contribution is -2.52. The Morgan fingerprint density at radius 3 is 2.70 bits per heavy atom. The minimum absolute atomic E-state index is 0.00145. The molecule has 2 aliphatic rings. The number of carbonyl (C=O) groups excluding carboxylic acids is 2. The summed E-state index contributed by atoms with van der Waals surface area (Å²) in [7, 11) is 3.28. The number of ether oxygens (including phenoxy) is 2. The van der Waals surface area contributed by atoms with Crippen molar-refractivity contribution < 1.29 is 19.1 Å². The van der Waals surface area contributed by atoms with E-state index < -0.39 is 6.09 Å². The minimum Gasteiger partial charge on any atom is -0.453 e. The molecule has 0 aromatic heterocycles. The van der Waals surface area contributed by atoms with E-state index in [2.05, 4.69) is 27.6 Å². The number of piperidine rings is 1. The van der Waals surface area contributed by atoms with Gasteiger partial charge in [-0.2, -0.15) is 0 Å². The highest BCUT2D eigenvalue weighted by atomic mass is 35.5. The predicted molar refractivity (Wildman–Crippen MR) is 147 cm³/mol. The second-order valence-corrected chi connectivity index (χ2v) is 11.3. The predicted octanol–water partition coefficient (Wildman–Crippen LogP) is 5.12. The molecule has 1 aromatic rings. The molecule has 0 radical (unpaired) electrons. The summed E-state index contributed by atoms with van der Waals surface area (Å²) in [5, 5.41) is 9.92. The van der Waals surface area contributed by atoms with Crippen LogP contribution in [0.1, 0.15) is 70.0 Å². The number of methoxy groups -OCH3 is 1. The zero-order valence-corrected chi connectivity index (χ0v) is 23.4. The van der Waals surface area contributed by atoms with E-state index in [1.165, 1.54) is 39.2 Å². The molecule has 0 spiro atoms. The summed E-state index contributed by atoms with van der Waals surface area (Å²) in [5.41, 5.74) is 1.28. The van der Waals surface area contributed by atoms with E-state index in [1.807, 2.05) is 36.2 Å². The number of benzene rings is 1. The molecule has 1 saturated carbocycles. The van der Waals surface area contributed by atoms with Crippen LogP contribution in [0.2, 0.25) is 5.02 Å². The van der Waals surface area contributed by atoms with Crippen molar-refractivity contribution in [1.82, 2.24) is 20.9 Å². The summed E-state index contributed by atoms with van der Waals surface area (Å²) < 4.78 is 10.9. The molecule has 3 N–H and O–H groups in total. The van der Waals surface area contributed by atoms with Crippen molar-refractivity contribution in [3.8, 4) is 0 Å². The van der Waals surface area contributed by atoms with Crippen LogP contribution in [0.15, 0.2) is 24.3 Å². The van der Waals surface area contributed by atoms with Gasteiger partial charge in [-0.1, -0.05) is 49.9 Å². The van der Waals surface area contributed by atoms with Crippen molar-refractivity contribution >= 4 is 23.7 Å². The van der Waals surface area contributed by atoms with Crippen molar-refractivity contribution in [3.63, 3.8) is 0 Å². The number of likely N-dealkylation sites (N-methyl/N-ethyl adjacent to an activating group) is 1. The molecule has 1 aliphatic carbocycles. The largest absolute Gasteiger partial charge is 0.453 e. The Labute approximate surface area is 227 Å². The standard InChI is InChI=1S/C28H45ClN4O4/c1-28(12-5-4-6-13-28)18-24(19-30-2)32-26(34)33-15-8-10-22(20-33)25(21-9-7-11-23(29)17-21)37-16-14-31-27(35)36-3/h7,9,11,17,22,24-25,30H,4-6,8,10,12-16,18-20H2,1-3H3,(H,31,35)(H,32,34)/t22-,24-,25?/m1/s1. The van der Waals surface area contributed by atoms with Gasteiger partial charge in [-0.3, -0.25) is 0 Å². The monoisotopic (exact) mass is 536 g/mol. The zero-order valence-electron chi connectivity index (χ0n) is 22.7. The molecule has 0 bridgehead atoms. The molecule has 1 unspecified atom stereocenters. The van der Waals surface area contributed by atoms with Crippen LogP contribution >= 0.6 is 11.6 Å². The molecule has 1 saturated heterocycles. The van der Waals surface area contributed by atoms with Crippen LogP contribution < -0.4 is 16.0 Å². The number of halogens is 1. The molecule has 3 atom stereocenters. The number of likely N-dealkylation sites (tertiary alicyclic amines) is 1. The molecule has 1 aliphatic heterocycles. The fraction of sp³-hybridized carbons (Fsp3) is 0.714. The molecule has 3 rings (SSSR count). The number of rotatable bonds is 11. The third-order valence-corrected chi connectivity index (χ3v) is 8.02. The SMILES string of the molecule is CNC[C@@H](CC1(C)CCCCC1)NC(=O)N1CCC[C@@H](C(OCCNC(=O)OC)c2cccc(Cl)c2)C1. The van der Waals surface area contributed by atoms with Gasteiger partial charge in [0.2, 0.25) is 0 Å². The van der Waals surface area contributed by atoms with Crippen molar-refractivity contribution in [2.24, 2.45) is 11.3 Å². The molecule has 208 valence electrons. The van der Waals surface area contributed by atoms with Crippen LogP contribution in [-0.2, 0) is 9.47 Å². The maximum atomic E-state index is 13.4. The van der Waals surface area contributed by atoms with Gasteiger partial charge in [-0.25, -0.2) is 9.59 Å². The summed E-state index contributed by atoms with van der Waals surface area (Å²) in [6, 6.07) is 7.80. The summed E-state index contributed by atoms with van der Waals surface area (Å²) in [6.07, 6.45) is 8.49. The Morgan fingerprint density at radius 2 is 2.00 bits per heavy atom. The van der Waals surface area contributed by atoms with Gasteiger partial charge in [-0.05, 0) is 62.3 Å². The molecule has 8 nitrogen and oxygen atoms in total. The maximum Gasteiger partial charge on any atom is 0.406 e. The van der Waals surface area contributed by atoms with Crippen LogP contribution in [0.5, 0.6) is 0 Å². The maximum absolute atomic E-state index is 13.4. The van der Waals surface area contributed by atoms with Crippen LogP contribution in [0.4, 0.5) is 9.59 Å². The molecule has 9 heteroatoms. The van der Waals surface area contributed by atoms with Gasteiger partial charge in [0, 0.05) is 43.2 Å². The average Bonchev–Trinajstić information content (AvgIpc) is 2.89. The number of amides is 3. The van der Waals surface area contributed by atoms with Gasteiger partial charge in [0.15, 0.2) is 0 Å². The third-order valence-electron chi connectivity index (χ3n) is 7.78. The third kappa shape index (κ3) is 9.34. The lowest BCUT2D eigenvalue weighted by Gasteiger charge is -2.39. The fourth-order valence-corrected chi connectivity index (χ4v) is 6.13. The van der Waals surface area contributed by atoms with E-state index in [0.717, 1.165) is 37.9 Å². The first-order valence-corrected chi connectivity index (χ1v) is 14.1. The number of nitrogens with zero attached hydrogens (tertiary/aromatic N) is 1. The van der Waals surface area contributed by atoms with E-state index in [1.54, 1.807) is 0 Å². The molecule has 37 heavy (non-hydrogen) atoms. The lowest BCUT2D eigenvalue weighted by molar-refractivity contribution is -0.00870. The van der Waals surface area contributed by atoms with Crippen molar-refractivity contribution in [2.45, 2.75) is 70.4 Å². The molecular weight excluding hydrogens is 492 g/mol. The average molecular weight is 537 g/mol. The van der Waals surface area contributed by atoms with E-state index in [-0.39, 0.29) is 24.1 Å². The number of urea groups is 1. The van der Waals surface area contributed by atoms with Gasteiger partial charge in [0.1, 0.15) is 0 Å². The molecule has 3 amide bonds. The van der Waals surface area contributed by atoms with Crippen LogP contribution in [0, 0.1) is 11.3 Å². The Morgan fingerprint density at radius 1 is 1.22 bits per heavy atom. The first-order valence-electron chi connectivity index (χ1n) is 13.7. The molecular formula is C28H45ClN4O4. The fourth-order valence-electron chi connectivity index (χ4n) is 5.93. The smallest absolute Gasteiger partial charge is 0.406 e. The Kier molecular flexibility index (Phi) is 11.8. The highest BCUT2D eigenvalue weighted by Crippen LogP contribution is 2.39. The number of carbonyl (C=O) groups is 2. The van der Waals surface area contributed by atoms with Crippen molar-refractivity contribution in [3.05, 3.63) is 34.9 Å². The Bertz CT molecular complexity index is 864. The van der Waals surface area contributed by atoms with Crippen LogP contribution in [0.25, 0.3) is 0 Å². The zero-order chi connectivity index (χ0) is 26.7. The normalized spacial score (nSPS) is 21.1. The highest BCUT2D eigenvalue weighted by molar-refractivity contribution is 6.30. The van der Waals surface area contributed by atoms with Gasteiger partial charge in [0.25, 0.3) is 0 Å². The van der Waals surface area contributed by atoms with Gasteiger partial charge < -0.3 is 30.3 Å². The summed E-state index contributed by atoms with van der Waals surface area (Å²) in [6.45, 7) is 5.15. The Balaban J connectivity index is 1.64. The van der Waals surface area contributed by atoms with Crippen LogP contribution in [-0.4, -0.2) is 70.0 Å². The van der Waals surface area contributed by atoms with Gasteiger partial charge >= 0.3 is 12.1 Å². The number of alkyl carbamates (subject to hydrolysis) is 1. The second-order valence-electron chi connectivity index (χ2n) is 10.9. The lowest BCUT2D eigenvalue weighted by atomic mass is 9.72. The van der Waals surface area contributed by atoms with Crippen LogP contribution in [0.3, 0.4) is 0 Å². The van der Waals surface area contributed by atoms with Crippen molar-refractivity contribution in [1.29, 1.82) is 0 Å². The topological polar surface area (TPSA) is 91.9 Å². The van der Waals surface area contributed by atoms with Gasteiger partial charge in [-0.15, -0.1) is 0 Å². The minimum atomic E-state index is -0.485. The van der Waals surface area contributed by atoms with Gasteiger partial charge in [0.05, 0.1) is 19.8 Å². The number of nitrogens with one attached hydrogen (secondary N) is 3. The Hall–Kier alpha value is -2.03.